The Labute approximate surface area is 362 Å². The number of hydrogen-bond donors (Lipinski definition) is 3. The third kappa shape index (κ3) is 9.78. The highest BCUT2D eigenvalue weighted by Crippen LogP contribution is 2.46. The van der Waals surface area contributed by atoms with E-state index in [9.17, 15) is 55.3 Å². The second-order valence-corrected chi connectivity index (χ2v) is 21.2. The number of rotatable bonds is 8. The Morgan fingerprint density at radius 2 is 1.75 bits per heavy atom. The van der Waals surface area contributed by atoms with Gasteiger partial charge in [-0.3, -0.25) is 34.1 Å². The van der Waals surface area contributed by atoms with Crippen LogP contribution in [-0.4, -0.2) is 120 Å². The maximum atomic E-state index is 14.7. The summed E-state index contributed by atoms with van der Waals surface area (Å²) in [4.78, 5) is 82.5. The number of nitro groups is 1. The Bertz CT molecular complexity index is 2480. The number of carbonyl (C=O) groups excluding carboxylic acids is 5. The molecular formula is C40H48FN7O13S2. The lowest BCUT2D eigenvalue weighted by atomic mass is 10.1. The molecule has 3 fully saturated rings. The SMILES string of the molecule is CC(C)(C)OC(=O)N[C@H]1CCCN(S(=O)(=O)c2ccccc2[N+](=O)[O-])C/C=C\[C@H]2C[C@@]2(C(=O)NS(=O)(=O)C2CC2)NC(=O)[C@@H]2C[C@@H](OC(=O)N3Cc4cccc(F)c4C3)CN2C1=O. The molecular weight excluding hydrogens is 870 g/mol. The molecule has 5 amide bonds. The Morgan fingerprint density at radius 3 is 2.43 bits per heavy atom. The number of halogens is 1. The highest BCUT2D eigenvalue weighted by molar-refractivity contribution is 7.91. The zero-order valence-corrected chi connectivity index (χ0v) is 36.3. The molecule has 20 nitrogen and oxygen atoms in total. The van der Waals surface area contributed by atoms with E-state index >= 15 is 0 Å². The van der Waals surface area contributed by atoms with Gasteiger partial charge in [-0.2, -0.15) is 4.31 Å². The Balaban J connectivity index is 1.22. The monoisotopic (exact) mass is 917 g/mol. The van der Waals surface area contributed by atoms with E-state index in [0.717, 1.165) is 21.3 Å². The van der Waals surface area contributed by atoms with Crippen LogP contribution in [0.3, 0.4) is 0 Å². The summed E-state index contributed by atoms with van der Waals surface area (Å²) in [6.07, 6.45) is -0.335. The molecule has 7 rings (SSSR count). The molecule has 3 aliphatic heterocycles. The first-order chi connectivity index (χ1) is 29.6. The molecule has 5 atom stereocenters. The van der Waals surface area contributed by atoms with Crippen molar-refractivity contribution in [1.82, 2.24) is 29.5 Å². The summed E-state index contributed by atoms with van der Waals surface area (Å²) in [5.41, 5.74) is -2.71. The van der Waals surface area contributed by atoms with E-state index in [1.54, 1.807) is 26.8 Å². The minimum absolute atomic E-state index is 0.0355. The van der Waals surface area contributed by atoms with E-state index in [1.165, 1.54) is 41.3 Å². The first kappa shape index (κ1) is 45.3. The van der Waals surface area contributed by atoms with Crippen LogP contribution in [-0.2, 0) is 57.0 Å². The molecule has 0 aromatic heterocycles. The fourth-order valence-electron chi connectivity index (χ4n) is 8.07. The summed E-state index contributed by atoms with van der Waals surface area (Å²) in [5, 5.41) is 16.3. The van der Waals surface area contributed by atoms with E-state index in [1.807, 2.05) is 0 Å². The third-order valence-electron chi connectivity index (χ3n) is 11.5. The number of ether oxygens (including phenoxy) is 2. The van der Waals surface area contributed by atoms with Crippen molar-refractivity contribution in [2.45, 2.75) is 112 Å². The number of benzene rings is 2. The van der Waals surface area contributed by atoms with Gasteiger partial charge >= 0.3 is 12.2 Å². The summed E-state index contributed by atoms with van der Waals surface area (Å²) < 4.78 is 83.0. The fourth-order valence-corrected chi connectivity index (χ4v) is 11.0. The van der Waals surface area contributed by atoms with E-state index in [-0.39, 0.29) is 51.9 Å². The highest BCUT2D eigenvalue weighted by atomic mass is 32.2. The van der Waals surface area contributed by atoms with Gasteiger partial charge in [0.05, 0.1) is 23.3 Å². The Hall–Kier alpha value is -5.68. The van der Waals surface area contributed by atoms with Crippen molar-refractivity contribution in [3.8, 4) is 0 Å². The van der Waals surface area contributed by atoms with Crippen LogP contribution in [0.4, 0.5) is 19.7 Å². The molecule has 2 aliphatic carbocycles. The first-order valence-corrected chi connectivity index (χ1v) is 23.4. The lowest BCUT2D eigenvalue weighted by Gasteiger charge is -2.30. The zero-order valence-electron chi connectivity index (χ0n) is 34.7. The average molecular weight is 918 g/mol. The van der Waals surface area contributed by atoms with Crippen molar-refractivity contribution in [2.24, 2.45) is 5.92 Å². The Kier molecular flexibility index (Phi) is 12.3. The smallest absolute Gasteiger partial charge is 0.410 e. The van der Waals surface area contributed by atoms with Gasteiger partial charge in [-0.15, -0.1) is 0 Å². The van der Waals surface area contributed by atoms with Crippen molar-refractivity contribution < 1.29 is 59.6 Å². The second-order valence-electron chi connectivity index (χ2n) is 17.3. The molecule has 0 spiro atoms. The van der Waals surface area contributed by atoms with Crippen molar-refractivity contribution in [3.05, 3.63) is 81.7 Å². The quantitative estimate of drug-likeness (QED) is 0.196. The molecule has 0 unspecified atom stereocenters. The van der Waals surface area contributed by atoms with Crippen molar-refractivity contribution >= 4 is 55.6 Å². The predicted molar refractivity (Wildman–Crippen MR) is 218 cm³/mol. The molecule has 2 aromatic carbocycles. The van der Waals surface area contributed by atoms with Crippen LogP contribution in [0.15, 0.2) is 59.5 Å². The summed E-state index contributed by atoms with van der Waals surface area (Å²) >= 11 is 0. The van der Waals surface area contributed by atoms with Crippen LogP contribution >= 0.6 is 0 Å². The maximum absolute atomic E-state index is 14.7. The molecule has 0 radical (unpaired) electrons. The molecule has 0 bridgehead atoms. The molecule has 2 saturated carbocycles. The minimum atomic E-state index is -4.63. The summed E-state index contributed by atoms with van der Waals surface area (Å²) in [7, 11) is -8.76. The number of alkyl carbamates (subject to hydrolysis) is 1. The third-order valence-corrected chi connectivity index (χ3v) is 15.2. The van der Waals surface area contributed by atoms with Crippen LogP contribution in [0, 0.1) is 21.8 Å². The van der Waals surface area contributed by atoms with Gasteiger partial charge in [-0.05, 0) is 70.6 Å². The number of fused-ring (bicyclic) bond motifs is 3. The van der Waals surface area contributed by atoms with Gasteiger partial charge in [0.15, 0.2) is 4.90 Å². The normalized spacial score (nSPS) is 26.2. The van der Waals surface area contributed by atoms with Gasteiger partial charge < -0.3 is 25.0 Å². The van der Waals surface area contributed by atoms with Gasteiger partial charge in [-0.25, -0.2) is 30.8 Å². The fraction of sp³-hybridized carbons (Fsp3) is 0.525. The number of carbonyl (C=O) groups is 5. The average Bonchev–Trinajstić information content (AvgIpc) is 4.09. The summed E-state index contributed by atoms with van der Waals surface area (Å²) in [6.45, 7) is 3.58. The molecule has 1 saturated heterocycles. The molecule has 340 valence electrons. The van der Waals surface area contributed by atoms with E-state index < -0.39 is 118 Å². The molecule has 3 heterocycles. The van der Waals surface area contributed by atoms with Crippen molar-refractivity contribution in [2.75, 3.05) is 19.6 Å². The van der Waals surface area contributed by atoms with Crippen LogP contribution in [0.25, 0.3) is 0 Å². The lowest BCUT2D eigenvalue weighted by Crippen LogP contribution is -2.58. The summed E-state index contributed by atoms with van der Waals surface area (Å²) in [5.74, 6) is -4.21. The largest absolute Gasteiger partial charge is 0.444 e. The van der Waals surface area contributed by atoms with Crippen LogP contribution in [0.1, 0.15) is 70.4 Å². The topological polar surface area (TPSA) is 261 Å². The number of nitro benzene ring substituents is 1. The first-order valence-electron chi connectivity index (χ1n) is 20.4. The van der Waals surface area contributed by atoms with Crippen LogP contribution in [0.2, 0.25) is 0 Å². The van der Waals surface area contributed by atoms with Crippen LogP contribution in [0.5, 0.6) is 0 Å². The van der Waals surface area contributed by atoms with Crippen molar-refractivity contribution in [3.63, 3.8) is 0 Å². The zero-order chi connectivity index (χ0) is 45.6. The second kappa shape index (κ2) is 17.1. The number of para-hydroxylation sites is 1. The van der Waals surface area contributed by atoms with Gasteiger partial charge in [0.1, 0.15) is 35.1 Å². The van der Waals surface area contributed by atoms with Crippen LogP contribution < -0.4 is 15.4 Å². The van der Waals surface area contributed by atoms with Gasteiger partial charge in [0.25, 0.3) is 11.6 Å². The maximum Gasteiger partial charge on any atom is 0.410 e. The molecule has 23 heteroatoms. The molecule has 63 heavy (non-hydrogen) atoms. The molecule has 3 N–H and O–H groups in total. The molecule has 2 aromatic rings. The number of nitrogens with zero attached hydrogens (tertiary/aromatic N) is 4. The Morgan fingerprint density at radius 1 is 1.02 bits per heavy atom. The van der Waals surface area contributed by atoms with E-state index in [2.05, 4.69) is 15.4 Å². The van der Waals surface area contributed by atoms with Gasteiger partial charge in [-0.1, -0.05) is 36.4 Å². The summed E-state index contributed by atoms with van der Waals surface area (Å²) in [6, 6.07) is 6.26. The number of sulfonamides is 2. The minimum Gasteiger partial charge on any atom is -0.444 e. The van der Waals surface area contributed by atoms with Gasteiger partial charge in [0.2, 0.25) is 31.9 Å². The lowest BCUT2D eigenvalue weighted by molar-refractivity contribution is -0.387. The number of amides is 5. The van der Waals surface area contributed by atoms with Gasteiger partial charge in [0, 0.05) is 43.6 Å². The number of hydrogen-bond acceptors (Lipinski definition) is 13. The molecule has 5 aliphatic rings. The van der Waals surface area contributed by atoms with Crippen molar-refractivity contribution in [1.29, 1.82) is 0 Å². The van der Waals surface area contributed by atoms with E-state index in [4.69, 9.17) is 9.47 Å². The predicted octanol–water partition coefficient (Wildman–Crippen LogP) is 2.57. The highest BCUT2D eigenvalue weighted by Gasteiger charge is 2.62. The van der Waals surface area contributed by atoms with E-state index in [0.29, 0.717) is 24.0 Å². The standard InChI is InChI=1S/C40H48FN7O13S2/c1-39(2,3)61-37(52)42-30-12-8-18-46(63(58,59)33-14-5-4-13-31(33)48(54)55)17-7-10-25-20-40(25,36(51)44-62(56,57)27-15-16-27)43-34(49)32-19-26(22-47(32)35(30)50)60-38(53)45-21-24-9-6-11-29(41)28(24)23-45/h4-7,9-11,13-14,25-27,30,32H,8,12,15-23H2,1-3H3,(H,42,52)(H,43,49)(H,44,51)/b10-7-/t25-,26+,30-,32-,40+/m0/s1. The number of nitrogens with one attached hydrogen (secondary N) is 3.